The van der Waals surface area contributed by atoms with Crippen molar-refractivity contribution in [3.63, 3.8) is 0 Å². The molecule has 4 saturated carbocycles. The third-order valence-corrected chi connectivity index (χ3v) is 6.66. The van der Waals surface area contributed by atoms with Crippen LogP contribution in [0.2, 0.25) is 0 Å². The van der Waals surface area contributed by atoms with Crippen LogP contribution >= 0.6 is 0 Å². The molecule has 8 heteroatoms. The average molecular weight is 405 g/mol. The van der Waals surface area contributed by atoms with Crippen LogP contribution in [-0.4, -0.2) is 53.8 Å². The molecule has 1 aromatic rings. The van der Waals surface area contributed by atoms with Gasteiger partial charge in [0.2, 0.25) is 5.91 Å². The summed E-state index contributed by atoms with van der Waals surface area (Å²) in [5, 5.41) is 9.73. The zero-order valence-corrected chi connectivity index (χ0v) is 17.2. The molecule has 8 nitrogen and oxygen atoms in total. The third-order valence-electron chi connectivity index (χ3n) is 6.66. The quantitative estimate of drug-likeness (QED) is 0.617. The number of nitrogens with one attached hydrogen (secondary N) is 2. The Morgan fingerprint density at radius 1 is 1.24 bits per heavy atom. The molecular formula is C21H32N4O4. The fourth-order valence-corrected chi connectivity index (χ4v) is 5.96. The lowest BCUT2D eigenvalue weighted by Gasteiger charge is -2.57. The predicted octanol–water partition coefficient (Wildman–Crippen LogP) is 3.02. The lowest BCUT2D eigenvalue weighted by Crippen LogP contribution is -2.62. The summed E-state index contributed by atoms with van der Waals surface area (Å²) < 4.78 is 10.2. The normalized spacial score (nSPS) is 29.6. The minimum Gasteiger partial charge on any atom is -0.382 e. The number of carbonyl (C=O) groups is 2. The molecule has 5 rings (SSSR count). The van der Waals surface area contributed by atoms with Crippen molar-refractivity contribution in [2.24, 2.45) is 17.8 Å². The largest absolute Gasteiger partial charge is 0.382 e. The van der Waals surface area contributed by atoms with Gasteiger partial charge in [-0.1, -0.05) is 5.16 Å². The van der Waals surface area contributed by atoms with E-state index in [9.17, 15) is 9.59 Å². The molecule has 0 aliphatic heterocycles. The van der Waals surface area contributed by atoms with E-state index >= 15 is 0 Å². The smallest absolute Gasteiger partial charge is 0.318 e. The van der Waals surface area contributed by atoms with Crippen LogP contribution in [0.15, 0.2) is 16.9 Å². The highest BCUT2D eigenvalue weighted by atomic mass is 16.5. The molecule has 4 fully saturated rings. The van der Waals surface area contributed by atoms with E-state index in [0.29, 0.717) is 32.0 Å². The topological polar surface area (TPSA) is 96.7 Å². The second-order valence-corrected chi connectivity index (χ2v) is 9.03. The number of aromatic nitrogens is 1. The van der Waals surface area contributed by atoms with Gasteiger partial charge in [-0.2, -0.15) is 0 Å². The minimum absolute atomic E-state index is 0.0167. The molecule has 3 amide bonds. The summed E-state index contributed by atoms with van der Waals surface area (Å²) in [6, 6.07) is 1.44. The molecule has 2 N–H and O–H groups in total. The molecule has 0 radical (unpaired) electrons. The van der Waals surface area contributed by atoms with Crippen LogP contribution in [0.25, 0.3) is 0 Å². The second-order valence-electron chi connectivity index (χ2n) is 9.03. The van der Waals surface area contributed by atoms with Gasteiger partial charge in [0.15, 0.2) is 5.82 Å². The number of amides is 3. The van der Waals surface area contributed by atoms with Gasteiger partial charge < -0.3 is 24.8 Å². The van der Waals surface area contributed by atoms with Gasteiger partial charge >= 0.3 is 6.03 Å². The summed E-state index contributed by atoms with van der Waals surface area (Å²) in [5.41, 5.74) is -0.0768. The van der Waals surface area contributed by atoms with Crippen LogP contribution in [0.1, 0.15) is 51.9 Å². The van der Waals surface area contributed by atoms with Crippen molar-refractivity contribution in [3.8, 4) is 0 Å². The van der Waals surface area contributed by atoms with E-state index in [-0.39, 0.29) is 24.0 Å². The van der Waals surface area contributed by atoms with Crippen LogP contribution in [0.3, 0.4) is 0 Å². The lowest BCUT2D eigenvalue weighted by molar-refractivity contribution is -0.117. The summed E-state index contributed by atoms with van der Waals surface area (Å²) in [5.74, 6) is 2.33. The van der Waals surface area contributed by atoms with Crippen LogP contribution in [0.5, 0.6) is 0 Å². The van der Waals surface area contributed by atoms with E-state index < -0.39 is 0 Å². The van der Waals surface area contributed by atoms with E-state index in [1.807, 2.05) is 6.92 Å². The summed E-state index contributed by atoms with van der Waals surface area (Å²) in [7, 11) is 0. The minimum atomic E-state index is -0.282. The van der Waals surface area contributed by atoms with Gasteiger partial charge in [-0.15, -0.1) is 0 Å². The van der Waals surface area contributed by atoms with E-state index in [1.54, 1.807) is 11.0 Å². The van der Waals surface area contributed by atoms with Crippen LogP contribution in [0, 0.1) is 17.8 Å². The molecule has 4 bridgehead atoms. The Hall–Kier alpha value is -2.09. The molecule has 0 unspecified atom stereocenters. The van der Waals surface area contributed by atoms with Crippen molar-refractivity contribution in [3.05, 3.63) is 12.3 Å². The molecule has 4 aliphatic rings. The van der Waals surface area contributed by atoms with Gasteiger partial charge in [-0.3, -0.25) is 4.79 Å². The maximum atomic E-state index is 13.2. The number of nitrogens with zero attached hydrogens (tertiary/aromatic N) is 2. The Morgan fingerprint density at radius 2 is 1.93 bits per heavy atom. The summed E-state index contributed by atoms with van der Waals surface area (Å²) in [6.07, 6.45) is 9.33. The van der Waals surface area contributed by atoms with Crippen molar-refractivity contribution in [2.75, 3.05) is 31.6 Å². The first-order chi connectivity index (χ1) is 14.0. The van der Waals surface area contributed by atoms with Gasteiger partial charge in [0, 0.05) is 31.4 Å². The van der Waals surface area contributed by atoms with Crippen LogP contribution in [-0.2, 0) is 9.53 Å². The zero-order valence-electron chi connectivity index (χ0n) is 17.2. The Kier molecular flexibility index (Phi) is 6.08. The Balaban J connectivity index is 1.37. The van der Waals surface area contributed by atoms with Gasteiger partial charge in [0.25, 0.3) is 0 Å². The predicted molar refractivity (Wildman–Crippen MR) is 107 cm³/mol. The highest BCUT2D eigenvalue weighted by Crippen LogP contribution is 2.55. The SMILES string of the molecule is CCOCCCN(CC(=O)Nc1ccon1)C(=O)NC12CC3CC(CC(C3)C1)C2. The Bertz CT molecular complexity index is 670. The fraction of sp³-hybridized carbons (Fsp3) is 0.762. The third kappa shape index (κ3) is 4.91. The van der Waals surface area contributed by atoms with Crippen molar-refractivity contribution in [1.82, 2.24) is 15.4 Å². The second kappa shape index (κ2) is 8.73. The van der Waals surface area contributed by atoms with Crippen LogP contribution in [0.4, 0.5) is 10.6 Å². The standard InChI is InChI=1S/C21H32N4O4/c1-2-28-6-3-5-25(14-19(26)22-18-4-7-29-24-18)20(27)23-21-11-15-8-16(12-21)10-17(9-15)13-21/h4,7,15-17H,2-3,5-6,8-14H2,1H3,(H,23,27)(H,22,24,26). The maximum Gasteiger partial charge on any atom is 0.318 e. The first-order valence-electron chi connectivity index (χ1n) is 10.9. The Labute approximate surface area is 171 Å². The van der Waals surface area contributed by atoms with Gasteiger partial charge in [-0.25, -0.2) is 4.79 Å². The molecule has 0 aromatic carbocycles. The number of anilines is 1. The monoisotopic (exact) mass is 404 g/mol. The number of urea groups is 1. The Morgan fingerprint density at radius 3 is 2.52 bits per heavy atom. The molecule has 1 aromatic heterocycles. The first kappa shape index (κ1) is 20.2. The highest BCUT2D eigenvalue weighted by Gasteiger charge is 2.51. The highest BCUT2D eigenvalue weighted by molar-refractivity contribution is 5.93. The van der Waals surface area contributed by atoms with E-state index in [1.165, 1.54) is 25.5 Å². The van der Waals surface area contributed by atoms with E-state index in [0.717, 1.165) is 37.0 Å². The molecule has 0 saturated heterocycles. The summed E-state index contributed by atoms with van der Waals surface area (Å²) in [6.45, 7) is 3.62. The van der Waals surface area contributed by atoms with Crippen LogP contribution < -0.4 is 10.6 Å². The van der Waals surface area contributed by atoms with Gasteiger partial charge in [0.1, 0.15) is 12.8 Å². The molecule has 0 spiro atoms. The van der Waals surface area contributed by atoms with Crippen molar-refractivity contribution in [2.45, 2.75) is 57.4 Å². The fourth-order valence-electron chi connectivity index (χ4n) is 5.96. The number of hydrogen-bond acceptors (Lipinski definition) is 5. The molecule has 1 heterocycles. The number of carbonyl (C=O) groups excluding carboxylic acids is 2. The maximum absolute atomic E-state index is 13.2. The van der Waals surface area contributed by atoms with Gasteiger partial charge in [-0.05, 0) is 69.6 Å². The van der Waals surface area contributed by atoms with Crippen molar-refractivity contribution >= 4 is 17.8 Å². The number of rotatable bonds is 9. The van der Waals surface area contributed by atoms with Crippen molar-refractivity contribution in [1.29, 1.82) is 0 Å². The molecule has 0 atom stereocenters. The number of hydrogen-bond donors (Lipinski definition) is 2. The van der Waals surface area contributed by atoms with E-state index in [2.05, 4.69) is 15.8 Å². The molecule has 4 aliphatic carbocycles. The average Bonchev–Trinajstić information content (AvgIpc) is 3.15. The van der Waals surface area contributed by atoms with Gasteiger partial charge in [0.05, 0.1) is 0 Å². The van der Waals surface area contributed by atoms with E-state index in [4.69, 9.17) is 9.26 Å². The molecular weight excluding hydrogens is 372 g/mol. The first-order valence-corrected chi connectivity index (χ1v) is 10.9. The zero-order chi connectivity index (χ0) is 20.3. The number of ether oxygens (including phenoxy) is 1. The lowest BCUT2D eigenvalue weighted by atomic mass is 9.53. The summed E-state index contributed by atoms with van der Waals surface area (Å²) in [4.78, 5) is 27.2. The summed E-state index contributed by atoms with van der Waals surface area (Å²) >= 11 is 0. The molecule has 29 heavy (non-hydrogen) atoms. The van der Waals surface area contributed by atoms with Crippen molar-refractivity contribution < 1.29 is 18.8 Å². The molecule has 160 valence electrons.